The predicted octanol–water partition coefficient (Wildman–Crippen LogP) is 2.92. The highest BCUT2D eigenvalue weighted by Crippen LogP contribution is 2.44. The van der Waals surface area contributed by atoms with E-state index in [2.05, 4.69) is 14.5 Å². The Bertz CT molecular complexity index is 527. The summed E-state index contributed by atoms with van der Waals surface area (Å²) in [5.41, 5.74) is -2.02. The van der Waals surface area contributed by atoms with Crippen molar-refractivity contribution in [3.63, 3.8) is 0 Å². The minimum absolute atomic E-state index is 0.177. The molecule has 0 bridgehead atoms. The van der Waals surface area contributed by atoms with Gasteiger partial charge in [0.15, 0.2) is 0 Å². The molecule has 1 rings (SSSR count). The highest BCUT2D eigenvalue weighted by Gasteiger charge is 2.44. The van der Waals surface area contributed by atoms with Crippen LogP contribution in [0.25, 0.3) is 0 Å². The van der Waals surface area contributed by atoms with Gasteiger partial charge in [0, 0.05) is 4.98 Å². The quantitative estimate of drug-likeness (QED) is 0.487. The highest BCUT2D eigenvalue weighted by atomic mass is 19.4. The summed E-state index contributed by atoms with van der Waals surface area (Å²) in [7, 11) is 0.690. The zero-order valence-corrected chi connectivity index (χ0v) is 9.37. The molecular formula is C8H4F6N2O4. The molecule has 0 spiro atoms. The summed E-state index contributed by atoms with van der Waals surface area (Å²) in [6.07, 6.45) is -10.8. The maximum absolute atomic E-state index is 12.6. The lowest BCUT2D eigenvalue weighted by molar-refractivity contribution is -0.390. The summed E-state index contributed by atoms with van der Waals surface area (Å²) in [5, 5.41) is 10.4. The zero-order chi connectivity index (χ0) is 15.7. The van der Waals surface area contributed by atoms with E-state index in [1.54, 1.807) is 0 Å². The van der Waals surface area contributed by atoms with E-state index in [9.17, 15) is 36.5 Å². The van der Waals surface area contributed by atoms with E-state index in [1.165, 1.54) is 0 Å². The molecule has 20 heavy (non-hydrogen) atoms. The Morgan fingerprint density at radius 2 is 1.80 bits per heavy atom. The summed E-state index contributed by atoms with van der Waals surface area (Å²) < 4.78 is 81.5. The molecule has 112 valence electrons. The van der Waals surface area contributed by atoms with Crippen molar-refractivity contribution in [3.05, 3.63) is 21.7 Å². The molecule has 1 heterocycles. The fourth-order valence-electron chi connectivity index (χ4n) is 1.15. The topological polar surface area (TPSA) is 74.5 Å². The predicted molar refractivity (Wildman–Crippen MR) is 49.1 cm³/mol. The second kappa shape index (κ2) is 5.02. The monoisotopic (exact) mass is 306 g/mol. The molecule has 1 aromatic heterocycles. The number of ether oxygens (including phenoxy) is 2. The average molecular weight is 306 g/mol. The van der Waals surface area contributed by atoms with Gasteiger partial charge < -0.3 is 19.6 Å². The van der Waals surface area contributed by atoms with Crippen molar-refractivity contribution in [3.8, 4) is 11.6 Å². The van der Waals surface area contributed by atoms with Gasteiger partial charge in [-0.2, -0.15) is 13.2 Å². The third-order valence-corrected chi connectivity index (χ3v) is 1.83. The summed E-state index contributed by atoms with van der Waals surface area (Å²) in [6.45, 7) is 0. The van der Waals surface area contributed by atoms with Gasteiger partial charge in [-0.3, -0.25) is 0 Å². The first-order valence-electron chi connectivity index (χ1n) is 4.52. The van der Waals surface area contributed by atoms with Crippen molar-refractivity contribution >= 4 is 5.82 Å². The van der Waals surface area contributed by atoms with Crippen LogP contribution in [0.3, 0.4) is 0 Å². The molecular weight excluding hydrogens is 302 g/mol. The number of alkyl halides is 6. The van der Waals surface area contributed by atoms with Gasteiger partial charge in [-0.05, 0) is 4.92 Å². The molecule has 0 aliphatic rings. The van der Waals surface area contributed by atoms with E-state index < -0.39 is 40.5 Å². The summed E-state index contributed by atoms with van der Waals surface area (Å²) >= 11 is 0. The van der Waals surface area contributed by atoms with Crippen LogP contribution in [0, 0.1) is 10.1 Å². The van der Waals surface area contributed by atoms with Crippen molar-refractivity contribution < 1.29 is 40.7 Å². The normalized spacial score (nSPS) is 12.2. The molecule has 12 heteroatoms. The molecule has 0 N–H and O–H groups in total. The van der Waals surface area contributed by atoms with Gasteiger partial charge in [-0.25, -0.2) is 0 Å². The first-order chi connectivity index (χ1) is 8.95. The lowest BCUT2D eigenvalue weighted by Gasteiger charge is -2.15. The molecule has 0 amide bonds. The van der Waals surface area contributed by atoms with Crippen molar-refractivity contribution in [2.24, 2.45) is 0 Å². The Kier molecular flexibility index (Phi) is 3.96. The Morgan fingerprint density at radius 1 is 1.25 bits per heavy atom. The Morgan fingerprint density at radius 3 is 2.15 bits per heavy atom. The maximum atomic E-state index is 12.6. The van der Waals surface area contributed by atoms with Crippen LogP contribution in [0.15, 0.2) is 6.07 Å². The van der Waals surface area contributed by atoms with E-state index in [0.717, 1.165) is 0 Å². The lowest BCUT2D eigenvalue weighted by Crippen LogP contribution is -2.21. The molecule has 0 unspecified atom stereocenters. The van der Waals surface area contributed by atoms with Crippen LogP contribution in [0.5, 0.6) is 11.6 Å². The van der Waals surface area contributed by atoms with Gasteiger partial charge in [0.1, 0.15) is 5.56 Å². The van der Waals surface area contributed by atoms with E-state index in [1.807, 2.05) is 0 Å². The molecule has 0 saturated carbocycles. The first kappa shape index (κ1) is 15.8. The highest BCUT2D eigenvalue weighted by molar-refractivity contribution is 5.48. The van der Waals surface area contributed by atoms with Gasteiger partial charge >= 0.3 is 24.2 Å². The number of aromatic nitrogens is 1. The number of hydrogen-bond donors (Lipinski definition) is 0. The number of rotatable bonds is 3. The van der Waals surface area contributed by atoms with Crippen molar-refractivity contribution in [2.45, 2.75) is 12.5 Å². The van der Waals surface area contributed by atoms with Crippen LogP contribution < -0.4 is 9.47 Å². The summed E-state index contributed by atoms with van der Waals surface area (Å²) in [5.74, 6) is -4.43. The van der Waals surface area contributed by atoms with Crippen molar-refractivity contribution in [2.75, 3.05) is 7.11 Å². The van der Waals surface area contributed by atoms with Gasteiger partial charge in [-0.1, -0.05) is 0 Å². The Hall–Kier alpha value is -2.27. The minimum Gasteiger partial charge on any atom is -0.460 e. The third-order valence-electron chi connectivity index (χ3n) is 1.83. The number of methoxy groups -OCH3 is 1. The SMILES string of the molecule is COc1nc([N+](=O)[O-])cc(C(F)(F)F)c1OC(F)(F)F. The molecule has 0 aromatic carbocycles. The average Bonchev–Trinajstić information content (AvgIpc) is 2.25. The molecule has 0 aliphatic heterocycles. The molecule has 1 aromatic rings. The van der Waals surface area contributed by atoms with Gasteiger partial charge in [0.05, 0.1) is 13.2 Å². The smallest absolute Gasteiger partial charge is 0.460 e. The van der Waals surface area contributed by atoms with E-state index >= 15 is 0 Å². The third kappa shape index (κ3) is 3.61. The van der Waals surface area contributed by atoms with E-state index in [0.29, 0.717) is 7.11 Å². The molecule has 0 saturated heterocycles. The van der Waals surface area contributed by atoms with Crippen LogP contribution in [0.2, 0.25) is 0 Å². The first-order valence-corrected chi connectivity index (χ1v) is 4.52. The number of nitro groups is 1. The van der Waals surface area contributed by atoms with Crippen LogP contribution >= 0.6 is 0 Å². The standard InChI is InChI=1S/C8H4F6N2O4/c1-19-6-5(20-8(12,13)14)3(7(9,10)11)2-4(15-6)16(17)18/h2H,1H3. The van der Waals surface area contributed by atoms with Crippen molar-refractivity contribution in [1.29, 1.82) is 0 Å². The lowest BCUT2D eigenvalue weighted by atomic mass is 10.2. The van der Waals surface area contributed by atoms with Gasteiger partial charge in [-0.15, -0.1) is 13.2 Å². The number of halogens is 6. The fourth-order valence-corrected chi connectivity index (χ4v) is 1.15. The van der Waals surface area contributed by atoms with Crippen LogP contribution in [0.4, 0.5) is 32.2 Å². The summed E-state index contributed by atoms with van der Waals surface area (Å²) in [4.78, 5) is 12.0. The van der Waals surface area contributed by atoms with Crippen LogP contribution in [-0.2, 0) is 6.18 Å². The van der Waals surface area contributed by atoms with Crippen LogP contribution in [-0.4, -0.2) is 23.4 Å². The Balaban J connectivity index is 3.57. The molecule has 0 aliphatic carbocycles. The number of nitrogens with zero attached hydrogens (tertiary/aromatic N) is 2. The molecule has 6 nitrogen and oxygen atoms in total. The van der Waals surface area contributed by atoms with Gasteiger partial charge in [0.2, 0.25) is 5.75 Å². The van der Waals surface area contributed by atoms with Crippen molar-refractivity contribution in [1.82, 2.24) is 4.98 Å². The van der Waals surface area contributed by atoms with E-state index in [-0.39, 0.29) is 6.07 Å². The summed E-state index contributed by atoms with van der Waals surface area (Å²) in [6, 6.07) is -0.177. The second-order valence-electron chi connectivity index (χ2n) is 3.17. The largest absolute Gasteiger partial charge is 0.573 e. The Labute approximate surface area is 106 Å². The number of hydrogen-bond acceptors (Lipinski definition) is 5. The maximum Gasteiger partial charge on any atom is 0.573 e. The van der Waals surface area contributed by atoms with Crippen LogP contribution in [0.1, 0.15) is 5.56 Å². The molecule has 0 atom stereocenters. The molecule has 0 fully saturated rings. The fraction of sp³-hybridized carbons (Fsp3) is 0.375. The van der Waals surface area contributed by atoms with Gasteiger partial charge in [0.25, 0.3) is 0 Å². The minimum atomic E-state index is -5.45. The second-order valence-corrected chi connectivity index (χ2v) is 3.17. The zero-order valence-electron chi connectivity index (χ0n) is 9.37. The molecule has 0 radical (unpaired) electrons. The van der Waals surface area contributed by atoms with E-state index in [4.69, 9.17) is 0 Å². The number of pyridine rings is 1.